The molecule has 2 heterocycles. The van der Waals surface area contributed by atoms with Crippen molar-refractivity contribution in [1.29, 1.82) is 0 Å². The maximum absolute atomic E-state index is 12.0. The fourth-order valence-corrected chi connectivity index (χ4v) is 4.29. The lowest BCUT2D eigenvalue weighted by molar-refractivity contribution is 0.380. The summed E-state index contributed by atoms with van der Waals surface area (Å²) in [5.74, 6) is 0.499. The smallest absolute Gasteiger partial charge is 0.237 e. The minimum atomic E-state index is -3.14. The summed E-state index contributed by atoms with van der Waals surface area (Å²) in [5.41, 5.74) is 6.47. The van der Waals surface area contributed by atoms with Gasteiger partial charge in [0.2, 0.25) is 5.88 Å². The fourth-order valence-electron chi connectivity index (χ4n) is 2.28. The highest BCUT2D eigenvalue weighted by atomic mass is 32.2. The molecule has 1 aliphatic heterocycles. The molecule has 2 rings (SSSR count). The molecule has 0 bridgehead atoms. The Kier molecular flexibility index (Phi) is 3.82. The summed E-state index contributed by atoms with van der Waals surface area (Å²) in [6.07, 6.45) is 5.14. The SMILES string of the molecule is COc1nccnc1C(N)C1CCCCS1(=O)=O. The molecule has 1 aliphatic rings. The number of nitrogens with two attached hydrogens (primary N) is 1. The van der Waals surface area contributed by atoms with E-state index in [4.69, 9.17) is 10.5 Å². The van der Waals surface area contributed by atoms with Crippen molar-refractivity contribution >= 4 is 9.84 Å². The van der Waals surface area contributed by atoms with Crippen LogP contribution < -0.4 is 10.5 Å². The summed E-state index contributed by atoms with van der Waals surface area (Å²) in [6.45, 7) is 0. The third kappa shape index (κ3) is 2.46. The van der Waals surface area contributed by atoms with Crippen molar-refractivity contribution in [2.24, 2.45) is 5.73 Å². The third-order valence-corrected chi connectivity index (χ3v) is 5.54. The van der Waals surface area contributed by atoms with Crippen molar-refractivity contribution in [3.63, 3.8) is 0 Å². The third-order valence-electron chi connectivity index (χ3n) is 3.23. The van der Waals surface area contributed by atoms with Gasteiger partial charge in [-0.3, -0.25) is 4.98 Å². The van der Waals surface area contributed by atoms with E-state index in [1.54, 1.807) is 0 Å². The normalized spacial score (nSPS) is 24.4. The Balaban J connectivity index is 2.33. The highest BCUT2D eigenvalue weighted by Gasteiger charge is 2.36. The molecule has 0 amide bonds. The number of sulfone groups is 1. The van der Waals surface area contributed by atoms with Gasteiger partial charge in [0.15, 0.2) is 9.84 Å². The molecule has 0 saturated carbocycles. The number of ether oxygens (including phenoxy) is 1. The number of nitrogens with zero attached hydrogens (tertiary/aromatic N) is 2. The largest absolute Gasteiger partial charge is 0.480 e. The van der Waals surface area contributed by atoms with E-state index < -0.39 is 21.1 Å². The average Bonchev–Trinajstić information content (AvgIpc) is 2.37. The fraction of sp³-hybridized carbons (Fsp3) is 0.636. The van der Waals surface area contributed by atoms with E-state index in [-0.39, 0.29) is 5.75 Å². The summed E-state index contributed by atoms with van der Waals surface area (Å²) in [6, 6.07) is -0.682. The predicted octanol–water partition coefficient (Wildman–Crippen LogP) is 0.452. The molecule has 0 aliphatic carbocycles. The molecule has 100 valence electrons. The van der Waals surface area contributed by atoms with Gasteiger partial charge < -0.3 is 10.5 Å². The lowest BCUT2D eigenvalue weighted by atomic mass is 10.1. The van der Waals surface area contributed by atoms with Gasteiger partial charge in [-0.05, 0) is 12.8 Å². The quantitative estimate of drug-likeness (QED) is 0.857. The van der Waals surface area contributed by atoms with Crippen LogP contribution in [0, 0.1) is 0 Å². The van der Waals surface area contributed by atoms with Gasteiger partial charge in [-0.2, -0.15) is 0 Å². The number of aromatic nitrogens is 2. The minimum Gasteiger partial charge on any atom is -0.480 e. The Labute approximate surface area is 106 Å². The van der Waals surface area contributed by atoms with E-state index in [1.165, 1.54) is 19.5 Å². The lowest BCUT2D eigenvalue weighted by Gasteiger charge is -2.27. The Morgan fingerprint density at radius 2 is 2.11 bits per heavy atom. The molecule has 0 aromatic carbocycles. The first-order valence-electron chi connectivity index (χ1n) is 5.88. The molecule has 0 radical (unpaired) electrons. The van der Waals surface area contributed by atoms with Crippen LogP contribution in [-0.4, -0.2) is 36.5 Å². The number of methoxy groups -OCH3 is 1. The van der Waals surface area contributed by atoms with Gasteiger partial charge in [0, 0.05) is 12.4 Å². The van der Waals surface area contributed by atoms with Gasteiger partial charge in [0.1, 0.15) is 5.69 Å². The summed E-state index contributed by atoms with van der Waals surface area (Å²) >= 11 is 0. The molecular formula is C11H17N3O3S. The molecule has 18 heavy (non-hydrogen) atoms. The maximum Gasteiger partial charge on any atom is 0.237 e. The van der Waals surface area contributed by atoms with Crippen LogP contribution in [0.3, 0.4) is 0 Å². The molecule has 0 spiro atoms. The number of hydrogen-bond acceptors (Lipinski definition) is 6. The van der Waals surface area contributed by atoms with Gasteiger partial charge in [-0.25, -0.2) is 13.4 Å². The zero-order valence-electron chi connectivity index (χ0n) is 10.2. The molecule has 2 atom stereocenters. The summed E-state index contributed by atoms with van der Waals surface area (Å²) in [7, 11) is -1.68. The Morgan fingerprint density at radius 1 is 1.39 bits per heavy atom. The standard InChI is InChI=1S/C11H17N3O3S/c1-17-11-10(13-5-6-14-11)9(12)8-4-2-3-7-18(8,15)16/h5-6,8-9H,2-4,7,12H2,1H3. The summed E-state index contributed by atoms with van der Waals surface area (Å²) in [4.78, 5) is 8.11. The molecule has 2 unspecified atom stereocenters. The molecule has 7 heteroatoms. The van der Waals surface area contributed by atoms with Crippen LogP contribution in [0.4, 0.5) is 0 Å². The first-order chi connectivity index (χ1) is 8.56. The first-order valence-corrected chi connectivity index (χ1v) is 7.60. The van der Waals surface area contributed by atoms with Crippen LogP contribution in [-0.2, 0) is 9.84 Å². The topological polar surface area (TPSA) is 95.2 Å². The highest BCUT2D eigenvalue weighted by molar-refractivity contribution is 7.92. The van der Waals surface area contributed by atoms with Crippen LogP contribution in [0.5, 0.6) is 5.88 Å². The van der Waals surface area contributed by atoms with E-state index in [9.17, 15) is 8.42 Å². The molecule has 2 N–H and O–H groups in total. The van der Waals surface area contributed by atoms with Crippen molar-refractivity contribution in [2.75, 3.05) is 12.9 Å². The molecule has 1 aromatic rings. The van der Waals surface area contributed by atoms with Crippen molar-refractivity contribution in [2.45, 2.75) is 30.6 Å². The first kappa shape index (κ1) is 13.2. The van der Waals surface area contributed by atoms with Crippen LogP contribution in [0.25, 0.3) is 0 Å². The second-order valence-electron chi connectivity index (χ2n) is 4.38. The van der Waals surface area contributed by atoms with E-state index in [1.807, 2.05) is 0 Å². The predicted molar refractivity (Wildman–Crippen MR) is 66.9 cm³/mol. The second-order valence-corrected chi connectivity index (χ2v) is 6.72. The zero-order chi connectivity index (χ0) is 13.2. The van der Waals surface area contributed by atoms with Crippen molar-refractivity contribution in [1.82, 2.24) is 9.97 Å². The van der Waals surface area contributed by atoms with E-state index in [0.29, 0.717) is 24.4 Å². The van der Waals surface area contributed by atoms with Gasteiger partial charge in [0.05, 0.1) is 24.2 Å². The zero-order valence-corrected chi connectivity index (χ0v) is 11.1. The molecular weight excluding hydrogens is 254 g/mol. The van der Waals surface area contributed by atoms with E-state index in [0.717, 1.165) is 6.42 Å². The van der Waals surface area contributed by atoms with E-state index in [2.05, 4.69) is 9.97 Å². The van der Waals surface area contributed by atoms with Crippen LogP contribution in [0.15, 0.2) is 12.4 Å². The Morgan fingerprint density at radius 3 is 2.78 bits per heavy atom. The van der Waals surface area contributed by atoms with Crippen molar-refractivity contribution in [3.05, 3.63) is 18.1 Å². The van der Waals surface area contributed by atoms with Gasteiger partial charge >= 0.3 is 0 Å². The minimum absolute atomic E-state index is 0.202. The van der Waals surface area contributed by atoms with Crippen LogP contribution in [0.1, 0.15) is 31.0 Å². The number of rotatable bonds is 3. The van der Waals surface area contributed by atoms with Gasteiger partial charge in [-0.1, -0.05) is 6.42 Å². The average molecular weight is 271 g/mol. The van der Waals surface area contributed by atoms with E-state index >= 15 is 0 Å². The van der Waals surface area contributed by atoms with Gasteiger partial charge in [0.25, 0.3) is 0 Å². The number of hydrogen-bond donors (Lipinski definition) is 1. The highest BCUT2D eigenvalue weighted by Crippen LogP contribution is 2.31. The maximum atomic E-state index is 12.0. The second kappa shape index (κ2) is 5.19. The Hall–Kier alpha value is -1.21. The van der Waals surface area contributed by atoms with Crippen LogP contribution in [0.2, 0.25) is 0 Å². The van der Waals surface area contributed by atoms with Crippen molar-refractivity contribution < 1.29 is 13.2 Å². The molecule has 1 fully saturated rings. The lowest BCUT2D eigenvalue weighted by Crippen LogP contribution is -2.38. The van der Waals surface area contributed by atoms with Crippen molar-refractivity contribution in [3.8, 4) is 5.88 Å². The summed E-state index contributed by atoms with van der Waals surface area (Å²) in [5, 5.41) is -0.586. The molecule has 6 nitrogen and oxygen atoms in total. The summed E-state index contributed by atoms with van der Waals surface area (Å²) < 4.78 is 29.1. The van der Waals surface area contributed by atoms with Crippen LogP contribution >= 0.6 is 0 Å². The molecule has 1 aromatic heterocycles. The molecule has 1 saturated heterocycles. The monoisotopic (exact) mass is 271 g/mol. The Bertz CT molecular complexity index is 518. The van der Waals surface area contributed by atoms with Gasteiger partial charge in [-0.15, -0.1) is 0 Å².